The molecule has 1 atom stereocenters. The molecule has 1 N–H and O–H groups in total. The van der Waals surface area contributed by atoms with E-state index in [1.807, 2.05) is 39.8 Å². The third-order valence-corrected chi connectivity index (χ3v) is 1.86. The summed E-state index contributed by atoms with van der Waals surface area (Å²) in [6.45, 7) is 5.87. The van der Waals surface area contributed by atoms with Crippen LogP contribution in [0.2, 0.25) is 0 Å². The lowest BCUT2D eigenvalue weighted by molar-refractivity contribution is 0.0525. The zero-order valence-corrected chi connectivity index (χ0v) is 10.7. The van der Waals surface area contributed by atoms with Crippen LogP contribution in [0.25, 0.3) is 0 Å². The van der Waals surface area contributed by atoms with Crippen LogP contribution in [0.4, 0.5) is 4.79 Å². The van der Waals surface area contributed by atoms with Gasteiger partial charge in [-0.3, -0.25) is 4.90 Å². The van der Waals surface area contributed by atoms with Gasteiger partial charge >= 0.3 is 6.09 Å². The number of carbonyl (C=O) groups is 1. The van der Waals surface area contributed by atoms with Gasteiger partial charge in [0.25, 0.3) is 0 Å². The minimum absolute atomic E-state index is 0.185. The minimum Gasteiger partial charge on any atom is -0.444 e. The largest absolute Gasteiger partial charge is 0.444 e. The quantitative estimate of drug-likeness (QED) is 0.787. The van der Waals surface area contributed by atoms with Crippen LogP contribution in [0.1, 0.15) is 27.2 Å². The van der Waals surface area contributed by atoms with E-state index in [-0.39, 0.29) is 6.04 Å². The van der Waals surface area contributed by atoms with Crippen molar-refractivity contribution in [2.24, 2.45) is 0 Å². The summed E-state index contributed by atoms with van der Waals surface area (Å²) >= 11 is 0. The third-order valence-electron chi connectivity index (χ3n) is 1.86. The second-order valence-corrected chi connectivity index (χ2v) is 4.83. The maximum absolute atomic E-state index is 11.3. The average molecular weight is 227 g/mol. The van der Waals surface area contributed by atoms with Crippen LogP contribution in [0.15, 0.2) is 0 Å². The number of rotatable bonds is 4. The molecule has 0 rings (SSSR count). The fraction of sp³-hybridized carbons (Fsp3) is 0.818. The smallest absolute Gasteiger partial charge is 0.407 e. The Kier molecular flexibility index (Phi) is 5.83. The summed E-state index contributed by atoms with van der Waals surface area (Å²) in [4.78, 5) is 13.1. The molecule has 92 valence electrons. The number of nitriles is 1. The average Bonchev–Trinajstić information content (AvgIpc) is 2.08. The van der Waals surface area contributed by atoms with E-state index in [1.54, 1.807) is 0 Å². The molecule has 1 unspecified atom stereocenters. The monoisotopic (exact) mass is 227 g/mol. The van der Waals surface area contributed by atoms with E-state index in [9.17, 15) is 4.79 Å². The highest BCUT2D eigenvalue weighted by molar-refractivity contribution is 5.67. The lowest BCUT2D eigenvalue weighted by atomic mass is 10.2. The lowest BCUT2D eigenvalue weighted by Crippen LogP contribution is -2.36. The summed E-state index contributed by atoms with van der Waals surface area (Å²) in [5, 5.41) is 11.4. The van der Waals surface area contributed by atoms with E-state index in [0.29, 0.717) is 13.0 Å². The number of nitrogens with zero attached hydrogens (tertiary/aromatic N) is 2. The van der Waals surface area contributed by atoms with Gasteiger partial charge in [0.15, 0.2) is 0 Å². The van der Waals surface area contributed by atoms with Crippen molar-refractivity contribution in [2.75, 3.05) is 20.6 Å². The number of ether oxygens (including phenoxy) is 1. The Morgan fingerprint density at radius 2 is 2.06 bits per heavy atom. The van der Waals surface area contributed by atoms with Crippen molar-refractivity contribution < 1.29 is 9.53 Å². The molecule has 0 heterocycles. The number of hydrogen-bond donors (Lipinski definition) is 1. The zero-order valence-electron chi connectivity index (χ0n) is 10.7. The zero-order chi connectivity index (χ0) is 12.8. The van der Waals surface area contributed by atoms with Gasteiger partial charge in [-0.05, 0) is 41.3 Å². The fourth-order valence-corrected chi connectivity index (χ4v) is 1.06. The Labute approximate surface area is 97.4 Å². The molecule has 5 nitrogen and oxygen atoms in total. The minimum atomic E-state index is -0.486. The summed E-state index contributed by atoms with van der Waals surface area (Å²) in [5.41, 5.74) is -0.486. The van der Waals surface area contributed by atoms with Gasteiger partial charge in [-0.2, -0.15) is 5.26 Å². The van der Waals surface area contributed by atoms with E-state index in [0.717, 1.165) is 0 Å². The molecule has 0 bridgehead atoms. The van der Waals surface area contributed by atoms with Crippen molar-refractivity contribution >= 4 is 6.09 Å². The van der Waals surface area contributed by atoms with Crippen LogP contribution in [-0.2, 0) is 4.74 Å². The molecule has 16 heavy (non-hydrogen) atoms. The molecular weight excluding hydrogens is 206 g/mol. The maximum atomic E-state index is 11.3. The highest BCUT2D eigenvalue weighted by Gasteiger charge is 2.16. The normalized spacial score (nSPS) is 13.1. The van der Waals surface area contributed by atoms with Gasteiger partial charge in [0.2, 0.25) is 0 Å². The van der Waals surface area contributed by atoms with Crippen molar-refractivity contribution in [3.63, 3.8) is 0 Å². The fourth-order valence-electron chi connectivity index (χ4n) is 1.06. The number of nitrogens with one attached hydrogen (secondary N) is 1. The van der Waals surface area contributed by atoms with Gasteiger partial charge in [0.1, 0.15) is 5.60 Å². The van der Waals surface area contributed by atoms with Gasteiger partial charge in [0.05, 0.1) is 12.1 Å². The van der Waals surface area contributed by atoms with Gasteiger partial charge in [0, 0.05) is 6.54 Å². The summed E-state index contributed by atoms with van der Waals surface area (Å²) in [5.74, 6) is 0. The van der Waals surface area contributed by atoms with E-state index in [4.69, 9.17) is 10.00 Å². The van der Waals surface area contributed by atoms with Gasteiger partial charge < -0.3 is 10.1 Å². The summed E-state index contributed by atoms with van der Waals surface area (Å²) in [7, 11) is 3.67. The summed E-state index contributed by atoms with van der Waals surface area (Å²) < 4.78 is 5.07. The van der Waals surface area contributed by atoms with Gasteiger partial charge in [-0.15, -0.1) is 0 Å². The van der Waals surface area contributed by atoms with Crippen molar-refractivity contribution in [1.82, 2.24) is 10.2 Å². The van der Waals surface area contributed by atoms with Crippen LogP contribution >= 0.6 is 0 Å². The molecule has 0 aromatic carbocycles. The van der Waals surface area contributed by atoms with Crippen LogP contribution < -0.4 is 5.32 Å². The van der Waals surface area contributed by atoms with Crippen molar-refractivity contribution in [1.29, 1.82) is 5.26 Å². The van der Waals surface area contributed by atoms with Crippen LogP contribution in [0, 0.1) is 11.3 Å². The first kappa shape index (κ1) is 14.7. The third kappa shape index (κ3) is 7.07. The van der Waals surface area contributed by atoms with Crippen molar-refractivity contribution in [2.45, 2.75) is 38.8 Å². The van der Waals surface area contributed by atoms with E-state index in [1.165, 1.54) is 0 Å². The van der Waals surface area contributed by atoms with Gasteiger partial charge in [-0.25, -0.2) is 4.79 Å². The van der Waals surface area contributed by atoms with Crippen molar-refractivity contribution in [3.8, 4) is 6.07 Å². The lowest BCUT2D eigenvalue weighted by Gasteiger charge is -2.21. The molecule has 0 fully saturated rings. The van der Waals surface area contributed by atoms with E-state index < -0.39 is 11.7 Å². The van der Waals surface area contributed by atoms with Crippen molar-refractivity contribution in [3.05, 3.63) is 0 Å². The first-order chi connectivity index (χ1) is 7.26. The van der Waals surface area contributed by atoms with Crippen LogP contribution in [0.3, 0.4) is 0 Å². The molecule has 0 saturated carbocycles. The highest BCUT2D eigenvalue weighted by atomic mass is 16.6. The summed E-state index contributed by atoms with van der Waals surface area (Å²) in [6.07, 6.45) is 0.144. The second kappa shape index (κ2) is 6.33. The number of carbonyl (C=O) groups excluding carboxylic acids is 1. The van der Waals surface area contributed by atoms with E-state index >= 15 is 0 Å². The Bertz CT molecular complexity index is 263. The molecule has 0 aromatic rings. The second-order valence-electron chi connectivity index (χ2n) is 4.83. The Morgan fingerprint density at radius 3 is 2.44 bits per heavy atom. The molecule has 0 saturated heterocycles. The van der Waals surface area contributed by atoms with E-state index in [2.05, 4.69) is 11.4 Å². The molecule has 0 aliphatic rings. The molecule has 0 aliphatic carbocycles. The van der Waals surface area contributed by atoms with Crippen LogP contribution in [-0.4, -0.2) is 43.3 Å². The molecular formula is C11H21N3O2. The highest BCUT2D eigenvalue weighted by Crippen LogP contribution is 2.06. The Morgan fingerprint density at radius 1 is 1.50 bits per heavy atom. The van der Waals surface area contributed by atoms with Gasteiger partial charge in [-0.1, -0.05) is 0 Å². The maximum Gasteiger partial charge on any atom is 0.407 e. The molecule has 0 spiro atoms. The summed E-state index contributed by atoms with van der Waals surface area (Å²) in [6, 6.07) is 1.97. The molecule has 1 amide bonds. The standard InChI is InChI=1S/C11H21N3O2/c1-11(2,3)16-10(15)13-7-6-9(8-12)14(4)5/h9H,6-7H2,1-5H3,(H,13,15). The topological polar surface area (TPSA) is 65.4 Å². The Balaban J connectivity index is 3.83. The number of alkyl carbamates (subject to hydrolysis) is 1. The molecule has 0 aromatic heterocycles. The first-order valence-electron chi connectivity index (χ1n) is 5.29. The SMILES string of the molecule is CN(C)C(C#N)CCNC(=O)OC(C)(C)C. The van der Waals surface area contributed by atoms with Crippen LogP contribution in [0.5, 0.6) is 0 Å². The first-order valence-corrected chi connectivity index (χ1v) is 5.29. The molecule has 5 heteroatoms. The predicted octanol–water partition coefficient (Wildman–Crippen LogP) is 1.35. The Hall–Kier alpha value is -1.28. The number of hydrogen-bond acceptors (Lipinski definition) is 4. The number of amides is 1. The molecule has 0 radical (unpaired) electrons. The predicted molar refractivity (Wildman–Crippen MR) is 61.9 cm³/mol. The molecule has 0 aliphatic heterocycles.